The topological polar surface area (TPSA) is 0 Å². The van der Waals surface area contributed by atoms with E-state index < -0.39 is 8.07 Å². The Morgan fingerprint density at radius 3 is 2.40 bits per heavy atom. The van der Waals surface area contributed by atoms with Crippen molar-refractivity contribution in [1.29, 1.82) is 0 Å². The molecule has 0 atom stereocenters. The summed E-state index contributed by atoms with van der Waals surface area (Å²) in [6.45, 7) is 8.52. The van der Waals surface area contributed by atoms with E-state index in [1.54, 1.807) is 0 Å². The molecule has 0 aromatic heterocycles. The Labute approximate surface area is 70.3 Å². The molecule has 0 amide bonds. The zero-order chi connectivity index (χ0) is 8.04. The first kappa shape index (κ1) is 10.2. The molecule has 0 aromatic carbocycles. The van der Waals surface area contributed by atoms with Crippen LogP contribution in [0.4, 0.5) is 0 Å². The quantitative estimate of drug-likeness (QED) is 0.342. The standard InChI is InChI=1S/C8H17ClSi/c1-4-10(2,3)8-6-5-7-9/h4H,1,5-8H2,2-3H3. The van der Waals surface area contributed by atoms with Crippen molar-refractivity contribution in [2.24, 2.45) is 0 Å². The average Bonchev–Trinajstić information content (AvgIpc) is 1.89. The van der Waals surface area contributed by atoms with E-state index in [1.165, 1.54) is 12.5 Å². The molecule has 0 unspecified atom stereocenters. The lowest BCUT2D eigenvalue weighted by Gasteiger charge is -2.15. The Balaban J connectivity index is 3.37. The van der Waals surface area contributed by atoms with Crippen molar-refractivity contribution in [3.8, 4) is 0 Å². The van der Waals surface area contributed by atoms with E-state index in [-0.39, 0.29) is 0 Å². The minimum atomic E-state index is -1.01. The van der Waals surface area contributed by atoms with Gasteiger partial charge in [0, 0.05) is 5.88 Å². The summed E-state index contributed by atoms with van der Waals surface area (Å²) in [4.78, 5) is 0. The summed E-state index contributed by atoms with van der Waals surface area (Å²) in [6, 6.07) is 1.34. The third kappa shape index (κ3) is 5.07. The first-order chi connectivity index (χ1) is 4.62. The monoisotopic (exact) mass is 176 g/mol. The van der Waals surface area contributed by atoms with Gasteiger partial charge in [0.25, 0.3) is 0 Å². The number of hydrogen-bond acceptors (Lipinski definition) is 0. The van der Waals surface area contributed by atoms with Crippen molar-refractivity contribution in [3.05, 3.63) is 12.3 Å². The first-order valence-corrected chi connectivity index (χ1v) is 7.64. The molecule has 0 aliphatic rings. The molecular formula is C8H17ClSi. The smallest absolute Gasteiger partial charge is 0.0709 e. The van der Waals surface area contributed by atoms with E-state index in [1.807, 2.05) is 0 Å². The predicted octanol–water partition coefficient (Wildman–Crippen LogP) is 3.44. The summed E-state index contributed by atoms with van der Waals surface area (Å²) >= 11 is 5.56. The van der Waals surface area contributed by atoms with Gasteiger partial charge in [0.2, 0.25) is 0 Å². The van der Waals surface area contributed by atoms with E-state index in [0.717, 1.165) is 12.3 Å². The molecule has 0 rings (SSSR count). The molecule has 0 aliphatic carbocycles. The Kier molecular flexibility index (Phi) is 5.09. The summed E-state index contributed by atoms with van der Waals surface area (Å²) < 4.78 is 0. The van der Waals surface area contributed by atoms with Crippen LogP contribution in [-0.2, 0) is 0 Å². The lowest BCUT2D eigenvalue weighted by atomic mass is 10.4. The van der Waals surface area contributed by atoms with Crippen LogP contribution < -0.4 is 0 Å². The van der Waals surface area contributed by atoms with Gasteiger partial charge in [-0.1, -0.05) is 25.6 Å². The van der Waals surface area contributed by atoms with Gasteiger partial charge in [0.05, 0.1) is 8.07 Å². The highest BCUT2D eigenvalue weighted by Crippen LogP contribution is 2.14. The molecule has 0 aliphatic heterocycles. The molecule has 0 nitrogen and oxygen atoms in total. The van der Waals surface area contributed by atoms with Crippen molar-refractivity contribution in [2.75, 3.05) is 5.88 Å². The summed E-state index contributed by atoms with van der Waals surface area (Å²) in [6.07, 6.45) is 2.43. The van der Waals surface area contributed by atoms with E-state index in [2.05, 4.69) is 25.4 Å². The zero-order valence-corrected chi connectivity index (χ0v) is 8.75. The number of rotatable bonds is 5. The fraction of sp³-hybridized carbons (Fsp3) is 0.750. The summed E-state index contributed by atoms with van der Waals surface area (Å²) in [5.74, 6) is 0.807. The maximum atomic E-state index is 5.56. The van der Waals surface area contributed by atoms with Crippen molar-refractivity contribution in [1.82, 2.24) is 0 Å². The first-order valence-electron chi connectivity index (χ1n) is 3.82. The SMILES string of the molecule is C=C[Si](C)(C)CCCCCl. The second-order valence-corrected chi connectivity index (χ2v) is 8.60. The molecule has 0 bridgehead atoms. The molecule has 0 aromatic rings. The number of unbranched alkanes of at least 4 members (excludes halogenated alkanes) is 1. The molecule has 10 heavy (non-hydrogen) atoms. The summed E-state index contributed by atoms with van der Waals surface area (Å²) in [7, 11) is -1.01. The summed E-state index contributed by atoms with van der Waals surface area (Å²) in [5.41, 5.74) is 2.15. The minimum Gasteiger partial charge on any atom is -0.127 e. The molecule has 0 spiro atoms. The van der Waals surface area contributed by atoms with Gasteiger partial charge in [-0.15, -0.1) is 23.9 Å². The molecule has 60 valence electrons. The van der Waals surface area contributed by atoms with E-state index in [4.69, 9.17) is 11.6 Å². The van der Waals surface area contributed by atoms with Crippen LogP contribution in [0.5, 0.6) is 0 Å². The lowest BCUT2D eigenvalue weighted by molar-refractivity contribution is 0.876. The normalized spacial score (nSPS) is 11.5. The fourth-order valence-electron chi connectivity index (χ4n) is 0.777. The molecule has 0 saturated heterocycles. The van der Waals surface area contributed by atoms with Crippen LogP contribution in [0.3, 0.4) is 0 Å². The molecular weight excluding hydrogens is 160 g/mol. The van der Waals surface area contributed by atoms with Crippen LogP contribution in [0.1, 0.15) is 12.8 Å². The van der Waals surface area contributed by atoms with Crippen molar-refractivity contribution < 1.29 is 0 Å². The highest BCUT2D eigenvalue weighted by Gasteiger charge is 2.13. The van der Waals surface area contributed by atoms with Crippen LogP contribution in [0.2, 0.25) is 19.1 Å². The number of hydrogen-bond donors (Lipinski definition) is 0. The number of halogens is 1. The average molecular weight is 177 g/mol. The minimum absolute atomic E-state index is 0.807. The van der Waals surface area contributed by atoms with Gasteiger partial charge in [-0.2, -0.15) is 0 Å². The van der Waals surface area contributed by atoms with Crippen molar-refractivity contribution in [2.45, 2.75) is 32.0 Å². The lowest BCUT2D eigenvalue weighted by Crippen LogP contribution is -2.21. The van der Waals surface area contributed by atoms with Gasteiger partial charge in [0.15, 0.2) is 0 Å². The summed E-state index contributed by atoms with van der Waals surface area (Å²) in [5, 5.41) is 0. The van der Waals surface area contributed by atoms with Gasteiger partial charge < -0.3 is 0 Å². The van der Waals surface area contributed by atoms with Gasteiger partial charge >= 0.3 is 0 Å². The van der Waals surface area contributed by atoms with E-state index >= 15 is 0 Å². The highest BCUT2D eigenvalue weighted by atomic mass is 35.5. The van der Waals surface area contributed by atoms with Gasteiger partial charge in [0.1, 0.15) is 0 Å². The van der Waals surface area contributed by atoms with Crippen LogP contribution in [0, 0.1) is 0 Å². The van der Waals surface area contributed by atoms with Crippen LogP contribution in [0.25, 0.3) is 0 Å². The van der Waals surface area contributed by atoms with Gasteiger partial charge in [-0.05, 0) is 6.42 Å². The van der Waals surface area contributed by atoms with Crippen molar-refractivity contribution in [3.63, 3.8) is 0 Å². The third-order valence-electron chi connectivity index (χ3n) is 1.76. The predicted molar refractivity (Wildman–Crippen MR) is 52.4 cm³/mol. The maximum absolute atomic E-state index is 5.56. The second-order valence-electron chi connectivity index (χ2n) is 3.34. The van der Waals surface area contributed by atoms with Gasteiger partial charge in [-0.3, -0.25) is 0 Å². The van der Waals surface area contributed by atoms with E-state index in [9.17, 15) is 0 Å². The molecule has 0 radical (unpaired) electrons. The van der Waals surface area contributed by atoms with E-state index in [0.29, 0.717) is 0 Å². The maximum Gasteiger partial charge on any atom is 0.0709 e. The highest BCUT2D eigenvalue weighted by molar-refractivity contribution is 6.82. The largest absolute Gasteiger partial charge is 0.127 e. The molecule has 0 N–H and O–H groups in total. The Morgan fingerprint density at radius 2 is 2.00 bits per heavy atom. The van der Waals surface area contributed by atoms with Gasteiger partial charge in [-0.25, -0.2) is 0 Å². The van der Waals surface area contributed by atoms with Crippen LogP contribution >= 0.6 is 11.6 Å². The molecule has 0 saturated carbocycles. The molecule has 0 fully saturated rings. The van der Waals surface area contributed by atoms with Crippen LogP contribution in [-0.4, -0.2) is 14.0 Å². The Hall–Kier alpha value is 0.247. The fourth-order valence-corrected chi connectivity index (χ4v) is 2.33. The second kappa shape index (κ2) is 4.97. The number of alkyl halides is 1. The van der Waals surface area contributed by atoms with Crippen LogP contribution in [0.15, 0.2) is 12.3 Å². The molecule has 0 heterocycles. The molecule has 2 heteroatoms. The third-order valence-corrected chi connectivity index (χ3v) is 4.77. The van der Waals surface area contributed by atoms with Crippen molar-refractivity contribution >= 4 is 19.7 Å². The zero-order valence-electron chi connectivity index (χ0n) is 6.99. The Morgan fingerprint density at radius 1 is 1.40 bits per heavy atom. The Bertz CT molecular complexity index is 99.4.